The molecule has 1 aromatic carbocycles. The molecule has 92 valence electrons. The lowest BCUT2D eigenvalue weighted by molar-refractivity contribution is -0.116. The summed E-state index contributed by atoms with van der Waals surface area (Å²) in [5.41, 5.74) is 1.62. The van der Waals surface area contributed by atoms with Crippen molar-refractivity contribution in [2.45, 2.75) is 12.8 Å². The van der Waals surface area contributed by atoms with E-state index < -0.39 is 0 Å². The molecule has 1 amide bonds. The highest BCUT2D eigenvalue weighted by Crippen LogP contribution is 2.09. The molecule has 0 radical (unpaired) electrons. The Kier molecular flexibility index (Phi) is 4.02. The number of aryl methyl sites for hydroxylation is 1. The van der Waals surface area contributed by atoms with Crippen molar-refractivity contribution in [2.24, 2.45) is 0 Å². The van der Waals surface area contributed by atoms with Crippen molar-refractivity contribution in [1.82, 2.24) is 4.98 Å². The number of carbonyl (C=O) groups is 1. The predicted molar refractivity (Wildman–Crippen MR) is 67.6 cm³/mol. The number of amides is 1. The molecule has 0 aliphatic rings. The maximum Gasteiger partial charge on any atom is 0.224 e. The number of nitrogens with one attached hydrogen (secondary N) is 1. The summed E-state index contributed by atoms with van der Waals surface area (Å²) in [7, 11) is 0. The second-order valence-electron chi connectivity index (χ2n) is 3.92. The van der Waals surface area contributed by atoms with E-state index in [1.807, 2.05) is 12.1 Å². The van der Waals surface area contributed by atoms with Crippen LogP contribution in [0.3, 0.4) is 0 Å². The van der Waals surface area contributed by atoms with Crippen LogP contribution in [0.15, 0.2) is 48.8 Å². The van der Waals surface area contributed by atoms with Crippen molar-refractivity contribution in [3.05, 3.63) is 60.2 Å². The number of rotatable bonds is 4. The molecule has 1 heterocycles. The first-order valence-electron chi connectivity index (χ1n) is 5.68. The number of halogens is 1. The first-order valence-corrected chi connectivity index (χ1v) is 5.68. The van der Waals surface area contributed by atoms with Crippen molar-refractivity contribution in [2.75, 3.05) is 5.32 Å². The SMILES string of the molecule is O=C(CCc1cccnc1)Nc1ccc(F)cc1. The van der Waals surface area contributed by atoms with Gasteiger partial charge in [-0.15, -0.1) is 0 Å². The second kappa shape index (κ2) is 5.91. The van der Waals surface area contributed by atoms with Crippen LogP contribution >= 0.6 is 0 Å². The van der Waals surface area contributed by atoms with Crippen molar-refractivity contribution in [3.63, 3.8) is 0 Å². The molecule has 0 spiro atoms. The van der Waals surface area contributed by atoms with Gasteiger partial charge in [0, 0.05) is 24.5 Å². The van der Waals surface area contributed by atoms with Crippen LogP contribution in [-0.4, -0.2) is 10.9 Å². The van der Waals surface area contributed by atoms with Gasteiger partial charge in [0.2, 0.25) is 5.91 Å². The third-order valence-corrected chi connectivity index (χ3v) is 2.49. The van der Waals surface area contributed by atoms with Crippen molar-refractivity contribution >= 4 is 11.6 Å². The molecule has 0 unspecified atom stereocenters. The molecule has 0 atom stereocenters. The molecule has 2 aromatic rings. The molecule has 18 heavy (non-hydrogen) atoms. The summed E-state index contributed by atoms with van der Waals surface area (Å²) in [6.07, 6.45) is 4.46. The largest absolute Gasteiger partial charge is 0.326 e. The van der Waals surface area contributed by atoms with Gasteiger partial charge in [-0.3, -0.25) is 9.78 Å². The van der Waals surface area contributed by atoms with Crippen LogP contribution in [0.4, 0.5) is 10.1 Å². The Hall–Kier alpha value is -2.23. The van der Waals surface area contributed by atoms with Gasteiger partial charge in [-0.25, -0.2) is 4.39 Å². The monoisotopic (exact) mass is 244 g/mol. The van der Waals surface area contributed by atoms with E-state index in [-0.39, 0.29) is 11.7 Å². The molecular weight excluding hydrogens is 231 g/mol. The number of aromatic nitrogens is 1. The number of carbonyl (C=O) groups excluding carboxylic acids is 1. The average Bonchev–Trinajstić information content (AvgIpc) is 2.40. The van der Waals surface area contributed by atoms with Crippen molar-refractivity contribution < 1.29 is 9.18 Å². The standard InChI is InChI=1S/C14H13FN2O/c15-12-4-6-13(7-5-12)17-14(18)8-3-11-2-1-9-16-10-11/h1-2,4-7,9-10H,3,8H2,(H,17,18). The van der Waals surface area contributed by atoms with Crippen LogP contribution in [-0.2, 0) is 11.2 Å². The van der Waals surface area contributed by atoms with Crippen LogP contribution in [0.25, 0.3) is 0 Å². The average molecular weight is 244 g/mol. The molecule has 0 saturated carbocycles. The summed E-state index contributed by atoms with van der Waals surface area (Å²) >= 11 is 0. The zero-order valence-electron chi connectivity index (χ0n) is 9.77. The van der Waals surface area contributed by atoms with Gasteiger partial charge in [-0.2, -0.15) is 0 Å². The van der Waals surface area contributed by atoms with E-state index in [1.165, 1.54) is 24.3 Å². The van der Waals surface area contributed by atoms with Crippen molar-refractivity contribution in [1.29, 1.82) is 0 Å². The highest BCUT2D eigenvalue weighted by Gasteiger charge is 2.03. The van der Waals surface area contributed by atoms with E-state index in [9.17, 15) is 9.18 Å². The normalized spacial score (nSPS) is 10.1. The number of pyridine rings is 1. The Balaban J connectivity index is 1.84. The molecule has 3 nitrogen and oxygen atoms in total. The molecule has 2 rings (SSSR count). The fourth-order valence-electron chi connectivity index (χ4n) is 1.56. The fourth-order valence-corrected chi connectivity index (χ4v) is 1.56. The first kappa shape index (κ1) is 12.2. The fraction of sp³-hybridized carbons (Fsp3) is 0.143. The zero-order chi connectivity index (χ0) is 12.8. The van der Waals surface area contributed by atoms with Gasteiger partial charge in [0.15, 0.2) is 0 Å². The maximum absolute atomic E-state index is 12.7. The lowest BCUT2D eigenvalue weighted by atomic mass is 10.1. The van der Waals surface area contributed by atoms with Crippen LogP contribution in [0.2, 0.25) is 0 Å². The quantitative estimate of drug-likeness (QED) is 0.898. The Labute approximate surface area is 105 Å². The van der Waals surface area contributed by atoms with Gasteiger partial charge in [-0.1, -0.05) is 6.07 Å². The number of nitrogens with zero attached hydrogens (tertiary/aromatic N) is 1. The minimum Gasteiger partial charge on any atom is -0.326 e. The Morgan fingerprint density at radius 3 is 2.67 bits per heavy atom. The number of benzene rings is 1. The summed E-state index contributed by atoms with van der Waals surface area (Å²) in [5.74, 6) is -0.408. The van der Waals surface area contributed by atoms with E-state index in [2.05, 4.69) is 10.3 Å². The summed E-state index contributed by atoms with van der Waals surface area (Å²) in [5, 5.41) is 2.71. The van der Waals surface area contributed by atoms with E-state index in [0.717, 1.165) is 5.56 Å². The van der Waals surface area contributed by atoms with Crippen LogP contribution in [0, 0.1) is 5.82 Å². The summed E-state index contributed by atoms with van der Waals surface area (Å²) in [4.78, 5) is 15.6. The minimum absolute atomic E-state index is 0.0922. The van der Waals surface area contributed by atoms with Gasteiger partial charge >= 0.3 is 0 Å². The Morgan fingerprint density at radius 1 is 1.22 bits per heavy atom. The van der Waals surface area contributed by atoms with Crippen LogP contribution in [0.1, 0.15) is 12.0 Å². The Morgan fingerprint density at radius 2 is 2.00 bits per heavy atom. The highest BCUT2D eigenvalue weighted by molar-refractivity contribution is 5.90. The van der Waals surface area contributed by atoms with Gasteiger partial charge in [-0.05, 0) is 42.3 Å². The van der Waals surface area contributed by atoms with E-state index >= 15 is 0 Å². The van der Waals surface area contributed by atoms with Crippen LogP contribution < -0.4 is 5.32 Å². The van der Waals surface area contributed by atoms with E-state index in [0.29, 0.717) is 18.5 Å². The number of hydrogen-bond donors (Lipinski definition) is 1. The van der Waals surface area contributed by atoms with Crippen molar-refractivity contribution in [3.8, 4) is 0 Å². The lowest BCUT2D eigenvalue weighted by Gasteiger charge is -2.04. The van der Waals surface area contributed by atoms with Gasteiger partial charge in [0.05, 0.1) is 0 Å². The molecule has 1 N–H and O–H groups in total. The van der Waals surface area contributed by atoms with Crippen LogP contribution in [0.5, 0.6) is 0 Å². The summed E-state index contributed by atoms with van der Waals surface area (Å²) in [6.45, 7) is 0. The van der Waals surface area contributed by atoms with Gasteiger partial charge in [0.1, 0.15) is 5.82 Å². The third-order valence-electron chi connectivity index (χ3n) is 2.49. The molecule has 0 aliphatic carbocycles. The predicted octanol–water partition coefficient (Wildman–Crippen LogP) is 2.79. The smallest absolute Gasteiger partial charge is 0.224 e. The number of hydrogen-bond acceptors (Lipinski definition) is 2. The lowest BCUT2D eigenvalue weighted by Crippen LogP contribution is -2.12. The second-order valence-corrected chi connectivity index (χ2v) is 3.92. The Bertz CT molecular complexity index is 511. The van der Waals surface area contributed by atoms with Gasteiger partial charge < -0.3 is 5.32 Å². The molecule has 0 aliphatic heterocycles. The van der Waals surface area contributed by atoms with E-state index in [1.54, 1.807) is 12.4 Å². The summed E-state index contributed by atoms with van der Waals surface area (Å²) < 4.78 is 12.7. The molecular formula is C14H13FN2O. The number of anilines is 1. The first-order chi connectivity index (χ1) is 8.74. The molecule has 4 heteroatoms. The topological polar surface area (TPSA) is 42.0 Å². The molecule has 0 bridgehead atoms. The van der Waals surface area contributed by atoms with Gasteiger partial charge in [0.25, 0.3) is 0 Å². The summed E-state index contributed by atoms with van der Waals surface area (Å²) in [6, 6.07) is 9.48. The minimum atomic E-state index is -0.316. The molecule has 0 fully saturated rings. The molecule has 1 aromatic heterocycles. The highest BCUT2D eigenvalue weighted by atomic mass is 19.1. The maximum atomic E-state index is 12.7. The van der Waals surface area contributed by atoms with E-state index in [4.69, 9.17) is 0 Å². The zero-order valence-corrected chi connectivity index (χ0v) is 9.77. The third kappa shape index (κ3) is 3.66. The molecule has 0 saturated heterocycles.